The molecular weight excluding hydrogens is 626 g/mol. The SMILES string of the molecule is CNC(=O)[C@H](Cc1ccccc1)N(Cc1cccc(Br)c1)C(=O)CN(c1cccc(Cl)c1)S(=O)(=O)c1ccccc1. The summed E-state index contributed by atoms with van der Waals surface area (Å²) in [7, 11) is -2.66. The Kier molecular flexibility index (Phi) is 10.2. The van der Waals surface area contributed by atoms with Crippen LogP contribution in [-0.2, 0) is 32.6 Å². The van der Waals surface area contributed by atoms with Crippen LogP contribution >= 0.6 is 27.5 Å². The topological polar surface area (TPSA) is 86.8 Å². The molecule has 212 valence electrons. The van der Waals surface area contributed by atoms with Gasteiger partial charge in [0, 0.05) is 29.5 Å². The highest BCUT2D eigenvalue weighted by atomic mass is 79.9. The van der Waals surface area contributed by atoms with Crippen molar-refractivity contribution in [3.05, 3.63) is 130 Å². The van der Waals surface area contributed by atoms with E-state index in [9.17, 15) is 18.0 Å². The van der Waals surface area contributed by atoms with Gasteiger partial charge in [-0.1, -0.05) is 94.3 Å². The molecule has 4 aromatic rings. The Morgan fingerprint density at radius 3 is 2.12 bits per heavy atom. The minimum Gasteiger partial charge on any atom is -0.357 e. The van der Waals surface area contributed by atoms with Crippen LogP contribution < -0.4 is 9.62 Å². The van der Waals surface area contributed by atoms with Crippen molar-refractivity contribution in [3.63, 3.8) is 0 Å². The zero-order valence-electron chi connectivity index (χ0n) is 22.3. The first-order valence-corrected chi connectivity index (χ1v) is 15.4. The summed E-state index contributed by atoms with van der Waals surface area (Å²) in [4.78, 5) is 29.0. The molecule has 0 spiro atoms. The van der Waals surface area contributed by atoms with Gasteiger partial charge in [0.2, 0.25) is 11.8 Å². The van der Waals surface area contributed by atoms with Crippen LogP contribution in [-0.4, -0.2) is 44.8 Å². The highest BCUT2D eigenvalue weighted by Crippen LogP contribution is 2.27. The first-order chi connectivity index (χ1) is 19.7. The summed E-state index contributed by atoms with van der Waals surface area (Å²) in [5.41, 5.74) is 1.86. The molecular formula is C31H29BrClN3O4S. The van der Waals surface area contributed by atoms with E-state index in [-0.39, 0.29) is 29.5 Å². The number of benzene rings is 4. The minimum atomic E-state index is -4.17. The Morgan fingerprint density at radius 2 is 1.49 bits per heavy atom. The van der Waals surface area contributed by atoms with Gasteiger partial charge in [-0.2, -0.15) is 0 Å². The van der Waals surface area contributed by atoms with E-state index in [0.717, 1.165) is 19.9 Å². The number of hydrogen-bond donors (Lipinski definition) is 1. The summed E-state index contributed by atoms with van der Waals surface area (Å²) in [5, 5.41) is 3.00. The van der Waals surface area contributed by atoms with E-state index in [4.69, 9.17) is 11.6 Å². The smallest absolute Gasteiger partial charge is 0.264 e. The lowest BCUT2D eigenvalue weighted by atomic mass is 10.0. The maximum atomic E-state index is 14.2. The number of carbonyl (C=O) groups excluding carboxylic acids is 2. The van der Waals surface area contributed by atoms with Crippen LogP contribution in [0.1, 0.15) is 11.1 Å². The van der Waals surface area contributed by atoms with E-state index in [1.807, 2.05) is 54.6 Å². The van der Waals surface area contributed by atoms with Crippen molar-refractivity contribution in [2.75, 3.05) is 17.9 Å². The molecule has 4 aromatic carbocycles. The van der Waals surface area contributed by atoms with Crippen LogP contribution in [0.25, 0.3) is 0 Å². The van der Waals surface area contributed by atoms with Crippen LogP contribution in [0.15, 0.2) is 119 Å². The molecule has 10 heteroatoms. The fraction of sp³-hybridized carbons (Fsp3) is 0.161. The Balaban J connectivity index is 1.78. The fourth-order valence-corrected chi connectivity index (χ4v) is 6.49. The van der Waals surface area contributed by atoms with E-state index >= 15 is 0 Å². The third-order valence-electron chi connectivity index (χ3n) is 6.47. The van der Waals surface area contributed by atoms with Crippen LogP contribution in [0.5, 0.6) is 0 Å². The second-order valence-electron chi connectivity index (χ2n) is 9.28. The third-order valence-corrected chi connectivity index (χ3v) is 8.98. The van der Waals surface area contributed by atoms with Gasteiger partial charge in [0.25, 0.3) is 10.0 Å². The molecule has 0 saturated heterocycles. The third kappa shape index (κ3) is 7.75. The van der Waals surface area contributed by atoms with Gasteiger partial charge in [-0.05, 0) is 53.6 Å². The zero-order valence-corrected chi connectivity index (χ0v) is 25.4. The van der Waals surface area contributed by atoms with E-state index in [2.05, 4.69) is 21.2 Å². The van der Waals surface area contributed by atoms with Crippen molar-refractivity contribution in [2.24, 2.45) is 0 Å². The molecule has 0 heterocycles. The van der Waals surface area contributed by atoms with Crippen molar-refractivity contribution in [3.8, 4) is 0 Å². The van der Waals surface area contributed by atoms with Gasteiger partial charge in [-0.25, -0.2) is 8.42 Å². The van der Waals surface area contributed by atoms with Crippen LogP contribution in [0.3, 0.4) is 0 Å². The lowest BCUT2D eigenvalue weighted by Crippen LogP contribution is -2.53. The van der Waals surface area contributed by atoms with Crippen LogP contribution in [0.2, 0.25) is 5.02 Å². The number of amides is 2. The molecule has 0 fully saturated rings. The van der Waals surface area contributed by atoms with Crippen molar-refractivity contribution in [2.45, 2.75) is 23.9 Å². The largest absolute Gasteiger partial charge is 0.357 e. The summed E-state index contributed by atoms with van der Waals surface area (Å²) in [6.07, 6.45) is 0.239. The molecule has 7 nitrogen and oxygen atoms in total. The Labute approximate surface area is 253 Å². The summed E-state index contributed by atoms with van der Waals surface area (Å²) < 4.78 is 29.6. The fourth-order valence-electron chi connectivity index (χ4n) is 4.43. The van der Waals surface area contributed by atoms with Crippen molar-refractivity contribution in [1.82, 2.24) is 10.2 Å². The molecule has 1 atom stereocenters. The molecule has 0 unspecified atom stereocenters. The van der Waals surface area contributed by atoms with E-state index in [1.54, 1.807) is 36.4 Å². The molecule has 0 saturated carbocycles. The van der Waals surface area contributed by atoms with E-state index in [1.165, 1.54) is 30.1 Å². The van der Waals surface area contributed by atoms with Gasteiger partial charge in [-0.3, -0.25) is 13.9 Å². The van der Waals surface area contributed by atoms with Crippen LogP contribution in [0, 0.1) is 0 Å². The van der Waals surface area contributed by atoms with Gasteiger partial charge < -0.3 is 10.2 Å². The van der Waals surface area contributed by atoms with Crippen molar-refractivity contribution in [1.29, 1.82) is 0 Å². The van der Waals surface area contributed by atoms with Gasteiger partial charge in [-0.15, -0.1) is 0 Å². The van der Waals surface area contributed by atoms with Gasteiger partial charge in [0.15, 0.2) is 0 Å². The summed E-state index contributed by atoms with van der Waals surface area (Å²) in [6, 6.07) is 30.1. The maximum absolute atomic E-state index is 14.2. The molecule has 0 radical (unpaired) electrons. The summed E-state index contributed by atoms with van der Waals surface area (Å²) in [5.74, 6) is -0.911. The number of sulfonamides is 1. The average molecular weight is 655 g/mol. The number of rotatable bonds is 11. The highest BCUT2D eigenvalue weighted by molar-refractivity contribution is 9.10. The molecule has 4 rings (SSSR count). The molecule has 0 aromatic heterocycles. The lowest BCUT2D eigenvalue weighted by molar-refractivity contribution is -0.139. The summed E-state index contributed by atoms with van der Waals surface area (Å²) in [6.45, 7) is -0.466. The number of carbonyl (C=O) groups is 2. The predicted molar refractivity (Wildman–Crippen MR) is 165 cm³/mol. The Hall–Kier alpha value is -3.66. The first kappa shape index (κ1) is 30.3. The van der Waals surface area contributed by atoms with Gasteiger partial charge >= 0.3 is 0 Å². The first-order valence-electron chi connectivity index (χ1n) is 12.8. The van der Waals surface area contributed by atoms with E-state index in [0.29, 0.717) is 5.02 Å². The number of nitrogens with zero attached hydrogens (tertiary/aromatic N) is 2. The lowest BCUT2D eigenvalue weighted by Gasteiger charge is -2.33. The number of halogens is 2. The second-order valence-corrected chi connectivity index (χ2v) is 12.5. The number of nitrogens with one attached hydrogen (secondary N) is 1. The average Bonchev–Trinajstić information content (AvgIpc) is 2.98. The molecule has 0 bridgehead atoms. The number of hydrogen-bond acceptors (Lipinski definition) is 4. The highest BCUT2D eigenvalue weighted by Gasteiger charge is 2.34. The van der Waals surface area contributed by atoms with Crippen LogP contribution in [0.4, 0.5) is 5.69 Å². The molecule has 0 aliphatic heterocycles. The maximum Gasteiger partial charge on any atom is 0.264 e. The quantitative estimate of drug-likeness (QED) is 0.225. The predicted octanol–water partition coefficient (Wildman–Crippen LogP) is 5.68. The normalized spacial score (nSPS) is 11.9. The summed E-state index contributed by atoms with van der Waals surface area (Å²) >= 11 is 9.70. The number of likely N-dealkylation sites (N-methyl/N-ethyl adjacent to an activating group) is 1. The van der Waals surface area contributed by atoms with Crippen molar-refractivity contribution >= 4 is 55.1 Å². The minimum absolute atomic E-state index is 0.0263. The molecule has 1 N–H and O–H groups in total. The Morgan fingerprint density at radius 1 is 0.854 bits per heavy atom. The number of anilines is 1. The van der Waals surface area contributed by atoms with Crippen molar-refractivity contribution < 1.29 is 18.0 Å². The zero-order chi connectivity index (χ0) is 29.4. The second kappa shape index (κ2) is 13.8. The molecule has 2 amide bonds. The standard InChI is InChI=1S/C31H29BrClN3O4S/c1-34-31(38)29(19-23-10-4-2-5-11-23)35(21-24-12-8-13-25(32)18-24)30(37)22-36(27-15-9-14-26(33)20-27)41(39,40)28-16-6-3-7-17-28/h2-18,20,29H,19,21-22H2,1H3,(H,34,38)/t29-/m0/s1. The van der Waals surface area contributed by atoms with E-state index < -0.39 is 28.5 Å². The molecule has 41 heavy (non-hydrogen) atoms. The van der Waals surface area contributed by atoms with Gasteiger partial charge in [0.05, 0.1) is 10.6 Å². The molecule has 0 aliphatic rings. The van der Waals surface area contributed by atoms with Gasteiger partial charge in [0.1, 0.15) is 12.6 Å². The molecule has 0 aliphatic carbocycles. The monoisotopic (exact) mass is 653 g/mol. The Bertz CT molecular complexity index is 1600.